The van der Waals surface area contributed by atoms with E-state index in [0.29, 0.717) is 11.5 Å². The van der Waals surface area contributed by atoms with Crippen molar-refractivity contribution < 1.29 is 9.53 Å². The van der Waals surface area contributed by atoms with E-state index in [2.05, 4.69) is 52.2 Å². The molecular weight excluding hydrogens is 372 g/mol. The molecule has 0 bridgehead atoms. The second kappa shape index (κ2) is 8.08. The van der Waals surface area contributed by atoms with Gasteiger partial charge >= 0.3 is 0 Å². The number of carbonyl (C=O) groups excluding carboxylic acids is 1. The standard InChI is InChI=1S/C21H22N4O2S/c1-14-3-5-17(15(2)11-14)21-23-18(13-28-21)20(26)24-19-6-4-16(12-22-19)25-7-9-27-10-8-25/h3-6,11-13H,7-10H2,1-2H3,(H,22,24,26). The first kappa shape index (κ1) is 18.6. The smallest absolute Gasteiger partial charge is 0.276 e. The number of morpholine rings is 1. The fourth-order valence-corrected chi connectivity index (χ4v) is 4.09. The Hall–Kier alpha value is -2.77. The maximum atomic E-state index is 12.6. The van der Waals surface area contributed by atoms with Gasteiger partial charge < -0.3 is 15.0 Å². The summed E-state index contributed by atoms with van der Waals surface area (Å²) in [7, 11) is 0. The Morgan fingerprint density at radius 2 is 2.00 bits per heavy atom. The summed E-state index contributed by atoms with van der Waals surface area (Å²) in [6, 6.07) is 10.0. The van der Waals surface area contributed by atoms with E-state index in [1.165, 1.54) is 16.9 Å². The van der Waals surface area contributed by atoms with Crippen LogP contribution in [0.3, 0.4) is 0 Å². The number of hydrogen-bond acceptors (Lipinski definition) is 6. The molecule has 4 rings (SSSR count). The van der Waals surface area contributed by atoms with E-state index in [0.717, 1.165) is 48.1 Å². The fourth-order valence-electron chi connectivity index (χ4n) is 3.20. The van der Waals surface area contributed by atoms with Gasteiger partial charge in [-0.25, -0.2) is 9.97 Å². The van der Waals surface area contributed by atoms with Gasteiger partial charge in [0.1, 0.15) is 16.5 Å². The van der Waals surface area contributed by atoms with Crippen LogP contribution in [-0.2, 0) is 4.74 Å². The van der Waals surface area contributed by atoms with E-state index >= 15 is 0 Å². The molecule has 7 heteroatoms. The molecule has 1 saturated heterocycles. The molecule has 1 N–H and O–H groups in total. The lowest BCUT2D eigenvalue weighted by molar-refractivity contribution is 0.102. The SMILES string of the molecule is Cc1ccc(-c2nc(C(=O)Nc3ccc(N4CCOCC4)cn3)cs2)c(C)c1. The normalized spacial score (nSPS) is 14.1. The summed E-state index contributed by atoms with van der Waals surface area (Å²) in [4.78, 5) is 23.7. The van der Waals surface area contributed by atoms with Crippen molar-refractivity contribution in [3.05, 3.63) is 58.7 Å². The molecule has 6 nitrogen and oxygen atoms in total. The van der Waals surface area contributed by atoms with Crippen molar-refractivity contribution in [2.75, 3.05) is 36.5 Å². The molecule has 1 aliphatic rings. The summed E-state index contributed by atoms with van der Waals surface area (Å²) < 4.78 is 5.37. The van der Waals surface area contributed by atoms with E-state index in [-0.39, 0.29) is 5.91 Å². The van der Waals surface area contributed by atoms with Crippen LogP contribution in [0.5, 0.6) is 0 Å². The zero-order valence-corrected chi connectivity index (χ0v) is 16.8. The van der Waals surface area contributed by atoms with Crippen molar-refractivity contribution in [3.8, 4) is 10.6 Å². The number of carbonyl (C=O) groups is 1. The van der Waals surface area contributed by atoms with Crippen molar-refractivity contribution in [1.82, 2.24) is 9.97 Å². The summed E-state index contributed by atoms with van der Waals surface area (Å²) in [5.74, 6) is 0.266. The number of nitrogens with zero attached hydrogens (tertiary/aromatic N) is 3. The number of rotatable bonds is 4. The van der Waals surface area contributed by atoms with E-state index < -0.39 is 0 Å². The topological polar surface area (TPSA) is 67.4 Å². The second-order valence-corrected chi connectivity index (χ2v) is 7.67. The molecule has 1 fully saturated rings. The van der Waals surface area contributed by atoms with E-state index in [4.69, 9.17) is 4.74 Å². The van der Waals surface area contributed by atoms with Crippen LogP contribution in [0.25, 0.3) is 10.6 Å². The van der Waals surface area contributed by atoms with Crippen LogP contribution in [0.1, 0.15) is 21.6 Å². The number of aromatic nitrogens is 2. The molecule has 0 saturated carbocycles. The Balaban J connectivity index is 1.44. The number of benzene rings is 1. The molecule has 28 heavy (non-hydrogen) atoms. The van der Waals surface area contributed by atoms with Crippen molar-refractivity contribution in [2.45, 2.75) is 13.8 Å². The monoisotopic (exact) mass is 394 g/mol. The third-order valence-corrected chi connectivity index (χ3v) is 5.59. The van der Waals surface area contributed by atoms with Gasteiger partial charge in [0.25, 0.3) is 5.91 Å². The largest absolute Gasteiger partial charge is 0.378 e. The molecule has 0 atom stereocenters. The maximum Gasteiger partial charge on any atom is 0.276 e. The molecule has 0 unspecified atom stereocenters. The summed E-state index contributed by atoms with van der Waals surface area (Å²) in [6.07, 6.45) is 1.78. The Morgan fingerprint density at radius 3 is 2.71 bits per heavy atom. The number of nitrogens with one attached hydrogen (secondary N) is 1. The van der Waals surface area contributed by atoms with Crippen molar-refractivity contribution >= 4 is 28.7 Å². The third-order valence-electron chi connectivity index (χ3n) is 4.71. The molecule has 3 aromatic rings. The fraction of sp³-hybridized carbons (Fsp3) is 0.286. The van der Waals surface area contributed by atoms with Crippen molar-refractivity contribution in [2.24, 2.45) is 0 Å². The molecule has 0 aliphatic carbocycles. The van der Waals surface area contributed by atoms with Gasteiger partial charge in [-0.05, 0) is 31.5 Å². The predicted octanol–water partition coefficient (Wildman–Crippen LogP) is 3.91. The molecular formula is C21H22N4O2S. The molecule has 1 aliphatic heterocycles. The van der Waals surface area contributed by atoms with Gasteiger partial charge in [0.2, 0.25) is 0 Å². The summed E-state index contributed by atoms with van der Waals surface area (Å²) >= 11 is 1.47. The lowest BCUT2D eigenvalue weighted by Crippen LogP contribution is -2.36. The first-order valence-corrected chi connectivity index (χ1v) is 10.1. The second-order valence-electron chi connectivity index (χ2n) is 6.81. The number of hydrogen-bond donors (Lipinski definition) is 1. The zero-order chi connectivity index (χ0) is 19.5. The molecule has 144 valence electrons. The van der Waals surface area contributed by atoms with Crippen molar-refractivity contribution in [1.29, 1.82) is 0 Å². The van der Waals surface area contributed by atoms with Crippen LogP contribution < -0.4 is 10.2 Å². The lowest BCUT2D eigenvalue weighted by Gasteiger charge is -2.28. The Kier molecular flexibility index (Phi) is 5.36. The number of anilines is 2. The first-order valence-electron chi connectivity index (χ1n) is 9.23. The number of amides is 1. The maximum absolute atomic E-state index is 12.6. The summed E-state index contributed by atoms with van der Waals surface area (Å²) in [6.45, 7) is 7.29. The van der Waals surface area contributed by atoms with Crippen LogP contribution in [0.4, 0.5) is 11.5 Å². The zero-order valence-electron chi connectivity index (χ0n) is 15.9. The number of ether oxygens (including phenoxy) is 1. The average Bonchev–Trinajstić information content (AvgIpc) is 3.19. The van der Waals surface area contributed by atoms with Gasteiger partial charge in [0.15, 0.2) is 0 Å². The lowest BCUT2D eigenvalue weighted by atomic mass is 10.1. The number of pyridine rings is 1. The first-order chi connectivity index (χ1) is 13.6. The molecule has 2 aromatic heterocycles. The van der Waals surface area contributed by atoms with E-state index in [9.17, 15) is 4.79 Å². The number of thiazole rings is 1. The van der Waals surface area contributed by atoms with Gasteiger partial charge in [0.05, 0.1) is 25.1 Å². The van der Waals surface area contributed by atoms with Crippen LogP contribution in [0.2, 0.25) is 0 Å². The van der Waals surface area contributed by atoms with Gasteiger partial charge in [-0.1, -0.05) is 23.8 Å². The highest BCUT2D eigenvalue weighted by molar-refractivity contribution is 7.13. The highest BCUT2D eigenvalue weighted by atomic mass is 32.1. The predicted molar refractivity (Wildman–Crippen MR) is 112 cm³/mol. The minimum Gasteiger partial charge on any atom is -0.378 e. The number of aryl methyl sites for hydroxylation is 2. The van der Waals surface area contributed by atoms with Crippen molar-refractivity contribution in [3.63, 3.8) is 0 Å². The average molecular weight is 395 g/mol. The highest BCUT2D eigenvalue weighted by Gasteiger charge is 2.15. The van der Waals surface area contributed by atoms with Gasteiger partial charge in [0, 0.05) is 24.0 Å². The molecule has 0 radical (unpaired) electrons. The minimum atomic E-state index is -0.251. The molecule has 0 spiro atoms. The van der Waals surface area contributed by atoms with Crippen LogP contribution in [-0.4, -0.2) is 42.2 Å². The minimum absolute atomic E-state index is 0.251. The van der Waals surface area contributed by atoms with Crippen LogP contribution in [0.15, 0.2) is 41.9 Å². The van der Waals surface area contributed by atoms with Gasteiger partial charge in [-0.2, -0.15) is 0 Å². The Labute approximate surface area is 168 Å². The highest BCUT2D eigenvalue weighted by Crippen LogP contribution is 2.27. The van der Waals surface area contributed by atoms with Gasteiger partial charge in [-0.3, -0.25) is 4.79 Å². The third kappa shape index (κ3) is 4.05. The summed E-state index contributed by atoms with van der Waals surface area (Å²) in [5, 5.41) is 5.46. The molecule has 1 aromatic carbocycles. The quantitative estimate of drug-likeness (QED) is 0.727. The Bertz CT molecular complexity index is 978. The van der Waals surface area contributed by atoms with Crippen LogP contribution >= 0.6 is 11.3 Å². The van der Waals surface area contributed by atoms with Gasteiger partial charge in [-0.15, -0.1) is 11.3 Å². The molecule has 1 amide bonds. The molecule has 3 heterocycles. The summed E-state index contributed by atoms with van der Waals surface area (Å²) in [5.41, 5.74) is 4.86. The van der Waals surface area contributed by atoms with Crippen LogP contribution in [0, 0.1) is 13.8 Å². The van der Waals surface area contributed by atoms with E-state index in [1.807, 2.05) is 12.1 Å². The van der Waals surface area contributed by atoms with E-state index in [1.54, 1.807) is 11.6 Å². The Morgan fingerprint density at radius 1 is 1.18 bits per heavy atom.